The quantitative estimate of drug-likeness (QED) is 0.794. The lowest BCUT2D eigenvalue weighted by Gasteiger charge is -2.08. The minimum absolute atomic E-state index is 0.175. The Bertz CT molecular complexity index is 845. The van der Waals surface area contributed by atoms with Crippen LogP contribution >= 0.6 is 11.6 Å². The van der Waals surface area contributed by atoms with Gasteiger partial charge in [-0.25, -0.2) is 13.9 Å². The van der Waals surface area contributed by atoms with Crippen molar-refractivity contribution in [3.63, 3.8) is 0 Å². The van der Waals surface area contributed by atoms with Gasteiger partial charge in [0.15, 0.2) is 5.69 Å². The zero-order valence-corrected chi connectivity index (χ0v) is 12.5. The zero-order valence-electron chi connectivity index (χ0n) is 11.8. The van der Waals surface area contributed by atoms with Crippen LogP contribution in [0, 0.1) is 5.82 Å². The summed E-state index contributed by atoms with van der Waals surface area (Å²) in [6.45, 7) is 0.324. The molecular weight excluding hydrogens is 321 g/mol. The Balaban J connectivity index is 2.05. The van der Waals surface area contributed by atoms with E-state index < -0.39 is 11.8 Å². The Hall–Kier alpha value is -2.73. The monoisotopic (exact) mass is 331 g/mol. The van der Waals surface area contributed by atoms with Crippen LogP contribution in [0.4, 0.5) is 4.39 Å². The maximum absolute atomic E-state index is 13.1. The highest BCUT2D eigenvalue weighted by Crippen LogP contribution is 2.24. The molecule has 7 heteroatoms. The Labute approximate surface area is 135 Å². The topological polar surface area (TPSA) is 68.0 Å². The molecule has 0 aliphatic rings. The van der Waals surface area contributed by atoms with Crippen LogP contribution in [0.15, 0.2) is 48.5 Å². The van der Waals surface area contributed by atoms with Crippen LogP contribution in [0.25, 0.3) is 11.3 Å². The number of benzene rings is 2. The molecule has 0 fully saturated rings. The molecule has 0 atom stereocenters. The first-order valence-electron chi connectivity index (χ1n) is 6.72. The third-order valence-corrected chi connectivity index (χ3v) is 3.55. The Morgan fingerprint density at radius 2 is 1.78 bits per heavy atom. The van der Waals surface area contributed by atoms with Crippen LogP contribution in [-0.2, 0) is 6.54 Å². The van der Waals surface area contributed by atoms with Gasteiger partial charge in [0.1, 0.15) is 11.5 Å². The summed E-state index contributed by atoms with van der Waals surface area (Å²) >= 11 is 5.85. The first-order valence-corrected chi connectivity index (χ1v) is 7.09. The average Bonchev–Trinajstić information content (AvgIpc) is 2.94. The van der Waals surface area contributed by atoms with E-state index in [0.29, 0.717) is 22.8 Å². The van der Waals surface area contributed by atoms with E-state index in [4.69, 9.17) is 11.6 Å². The molecular formula is C16H11ClFN3O2. The van der Waals surface area contributed by atoms with Crippen molar-refractivity contribution in [2.24, 2.45) is 0 Å². The molecule has 116 valence electrons. The van der Waals surface area contributed by atoms with E-state index in [1.54, 1.807) is 12.1 Å². The normalized spacial score (nSPS) is 10.7. The van der Waals surface area contributed by atoms with E-state index >= 15 is 0 Å². The fourth-order valence-corrected chi connectivity index (χ4v) is 2.35. The third-order valence-electron chi connectivity index (χ3n) is 3.30. The van der Waals surface area contributed by atoms with Gasteiger partial charge in [0.2, 0.25) is 0 Å². The number of rotatable bonds is 4. The summed E-state index contributed by atoms with van der Waals surface area (Å²) in [4.78, 5) is 11.4. The lowest BCUT2D eigenvalue weighted by molar-refractivity contribution is 0.0691. The van der Waals surface area contributed by atoms with Crippen LogP contribution in [0.2, 0.25) is 5.02 Å². The molecule has 2 aromatic carbocycles. The van der Waals surface area contributed by atoms with Crippen molar-refractivity contribution in [2.45, 2.75) is 6.54 Å². The van der Waals surface area contributed by atoms with Gasteiger partial charge >= 0.3 is 5.97 Å². The minimum atomic E-state index is -1.19. The lowest BCUT2D eigenvalue weighted by Crippen LogP contribution is -2.06. The van der Waals surface area contributed by atoms with Crippen molar-refractivity contribution < 1.29 is 14.3 Å². The minimum Gasteiger partial charge on any atom is -0.476 e. The summed E-state index contributed by atoms with van der Waals surface area (Å²) < 4.78 is 14.6. The smallest absolute Gasteiger partial charge is 0.358 e. The van der Waals surface area contributed by atoms with E-state index in [-0.39, 0.29) is 5.69 Å². The molecule has 3 aromatic rings. The highest BCUT2D eigenvalue weighted by atomic mass is 35.5. The summed E-state index contributed by atoms with van der Waals surface area (Å²) in [5.74, 6) is -1.59. The van der Waals surface area contributed by atoms with Gasteiger partial charge in [0.25, 0.3) is 0 Å². The second-order valence-electron chi connectivity index (χ2n) is 4.88. The largest absolute Gasteiger partial charge is 0.476 e. The zero-order chi connectivity index (χ0) is 16.4. The first-order chi connectivity index (χ1) is 11.0. The highest BCUT2D eigenvalue weighted by Gasteiger charge is 2.20. The van der Waals surface area contributed by atoms with Gasteiger partial charge in [0.05, 0.1) is 6.54 Å². The van der Waals surface area contributed by atoms with Crippen LogP contribution in [0.1, 0.15) is 16.1 Å². The van der Waals surface area contributed by atoms with Gasteiger partial charge in [0, 0.05) is 10.6 Å². The number of carboxylic acid groups (broad SMARTS) is 1. The standard InChI is InChI=1S/C16H11ClFN3O2/c17-12-5-1-10(2-6-12)9-21-15(14(16(22)23)19-20-21)11-3-7-13(18)8-4-11/h1-8H,9H2,(H,22,23). The van der Waals surface area contributed by atoms with E-state index in [9.17, 15) is 14.3 Å². The summed E-state index contributed by atoms with van der Waals surface area (Å²) in [6, 6.07) is 12.6. The maximum atomic E-state index is 13.1. The second kappa shape index (κ2) is 6.18. The van der Waals surface area contributed by atoms with E-state index in [1.807, 2.05) is 12.1 Å². The fraction of sp³-hybridized carbons (Fsp3) is 0.0625. The Morgan fingerprint density at radius 3 is 2.39 bits per heavy atom. The van der Waals surface area contributed by atoms with Crippen molar-refractivity contribution in [1.29, 1.82) is 0 Å². The number of nitrogens with zero attached hydrogens (tertiary/aromatic N) is 3. The van der Waals surface area contributed by atoms with Crippen molar-refractivity contribution >= 4 is 17.6 Å². The van der Waals surface area contributed by atoms with Gasteiger partial charge in [-0.3, -0.25) is 0 Å². The number of hydrogen-bond acceptors (Lipinski definition) is 3. The van der Waals surface area contributed by atoms with Crippen molar-refractivity contribution in [2.75, 3.05) is 0 Å². The molecule has 1 N–H and O–H groups in total. The van der Waals surface area contributed by atoms with E-state index in [0.717, 1.165) is 5.56 Å². The van der Waals surface area contributed by atoms with Gasteiger partial charge in [-0.1, -0.05) is 28.9 Å². The molecule has 1 aromatic heterocycles. The molecule has 0 amide bonds. The summed E-state index contributed by atoms with van der Waals surface area (Å²) in [5, 5.41) is 17.5. The molecule has 1 heterocycles. The number of carboxylic acids is 1. The van der Waals surface area contributed by atoms with Gasteiger partial charge in [-0.2, -0.15) is 0 Å². The summed E-state index contributed by atoms with van der Waals surface area (Å²) in [5.41, 5.74) is 1.57. The van der Waals surface area contributed by atoms with Crippen LogP contribution in [0.3, 0.4) is 0 Å². The Kier molecular flexibility index (Phi) is 4.08. The third kappa shape index (κ3) is 3.22. The molecule has 0 saturated carbocycles. The molecule has 23 heavy (non-hydrogen) atoms. The van der Waals surface area contributed by atoms with Crippen molar-refractivity contribution in [3.05, 3.63) is 70.6 Å². The fourth-order valence-electron chi connectivity index (χ4n) is 2.22. The van der Waals surface area contributed by atoms with Crippen molar-refractivity contribution in [1.82, 2.24) is 15.0 Å². The number of aromatic nitrogens is 3. The predicted octanol–water partition coefficient (Wildman–Crippen LogP) is 3.48. The van der Waals surface area contributed by atoms with Crippen LogP contribution in [-0.4, -0.2) is 26.1 Å². The maximum Gasteiger partial charge on any atom is 0.358 e. The molecule has 0 bridgehead atoms. The summed E-state index contributed by atoms with van der Waals surface area (Å²) in [6.07, 6.45) is 0. The molecule has 0 aliphatic heterocycles. The van der Waals surface area contributed by atoms with Crippen LogP contribution < -0.4 is 0 Å². The molecule has 0 saturated heterocycles. The van der Waals surface area contributed by atoms with Gasteiger partial charge in [-0.15, -0.1) is 5.10 Å². The molecule has 0 spiro atoms. The SMILES string of the molecule is O=C(O)c1nnn(Cc2ccc(Cl)cc2)c1-c1ccc(F)cc1. The van der Waals surface area contributed by atoms with Crippen LogP contribution in [0.5, 0.6) is 0 Å². The first kappa shape index (κ1) is 15.2. The summed E-state index contributed by atoms with van der Waals surface area (Å²) in [7, 11) is 0. The molecule has 0 radical (unpaired) electrons. The van der Waals surface area contributed by atoms with Gasteiger partial charge < -0.3 is 5.11 Å². The molecule has 0 unspecified atom stereocenters. The van der Waals surface area contributed by atoms with E-state index in [1.165, 1.54) is 28.9 Å². The number of aromatic carboxylic acids is 1. The second-order valence-corrected chi connectivity index (χ2v) is 5.32. The number of hydrogen-bond donors (Lipinski definition) is 1. The lowest BCUT2D eigenvalue weighted by atomic mass is 10.1. The molecule has 5 nitrogen and oxygen atoms in total. The van der Waals surface area contributed by atoms with E-state index in [2.05, 4.69) is 10.3 Å². The predicted molar refractivity (Wildman–Crippen MR) is 82.9 cm³/mol. The number of halogens is 2. The average molecular weight is 332 g/mol. The molecule has 0 aliphatic carbocycles. The number of carbonyl (C=O) groups is 1. The van der Waals surface area contributed by atoms with Gasteiger partial charge in [-0.05, 0) is 42.0 Å². The molecule has 3 rings (SSSR count). The highest BCUT2D eigenvalue weighted by molar-refractivity contribution is 6.30. The van der Waals surface area contributed by atoms with Crippen molar-refractivity contribution in [3.8, 4) is 11.3 Å². The Morgan fingerprint density at radius 1 is 1.13 bits per heavy atom.